The second-order valence-corrected chi connectivity index (χ2v) is 3.47. The Morgan fingerprint density at radius 2 is 1.12 bits per heavy atom. The topological polar surface area (TPSA) is 92.8 Å². The monoisotopic (exact) mass is 230 g/mol. The van der Waals surface area contributed by atoms with E-state index in [2.05, 4.69) is 0 Å². The number of rotatable bonds is 5. The van der Waals surface area contributed by atoms with Crippen LogP contribution in [0.5, 0.6) is 0 Å². The van der Waals surface area contributed by atoms with Crippen LogP contribution in [-0.2, 0) is 0 Å². The van der Waals surface area contributed by atoms with Crippen LogP contribution in [0.3, 0.4) is 0 Å². The molecule has 16 heavy (non-hydrogen) atoms. The maximum absolute atomic E-state index is 10.7. The summed E-state index contributed by atoms with van der Waals surface area (Å²) in [5.74, 6) is 0. The summed E-state index contributed by atoms with van der Waals surface area (Å²) in [6.45, 7) is 0. The van der Waals surface area contributed by atoms with Crippen LogP contribution in [0.15, 0.2) is 23.8 Å². The Hall–Kier alpha value is -2.12. The highest BCUT2D eigenvalue weighted by Crippen LogP contribution is 2.12. The van der Waals surface area contributed by atoms with Gasteiger partial charge in [0.25, 0.3) is 0 Å². The summed E-state index contributed by atoms with van der Waals surface area (Å²) in [5.41, 5.74) is -1.10. The van der Waals surface area contributed by atoms with Crippen molar-refractivity contribution in [3.63, 3.8) is 0 Å². The van der Waals surface area contributed by atoms with Crippen molar-refractivity contribution in [3.05, 3.63) is 44.0 Å². The standard InChI is InChI=1S/C8H14N4O4/c1-9(2)5-7(11(13)14)8(12(15)16)6-10(3)4/h5-6H,1-4H3/b7-5+,8-6+. The van der Waals surface area contributed by atoms with Crippen molar-refractivity contribution in [1.82, 2.24) is 9.80 Å². The molecule has 0 radical (unpaired) electrons. The first-order valence-electron chi connectivity index (χ1n) is 4.31. The summed E-state index contributed by atoms with van der Waals surface area (Å²) < 4.78 is 0. The summed E-state index contributed by atoms with van der Waals surface area (Å²) in [6, 6.07) is 0. The van der Waals surface area contributed by atoms with E-state index in [9.17, 15) is 20.2 Å². The Labute approximate surface area is 92.7 Å². The Bertz CT molecular complexity index is 312. The number of nitrogens with zero attached hydrogens (tertiary/aromatic N) is 4. The second kappa shape index (κ2) is 5.69. The molecule has 0 fully saturated rings. The third-order valence-corrected chi connectivity index (χ3v) is 1.42. The van der Waals surface area contributed by atoms with Crippen molar-refractivity contribution in [3.8, 4) is 0 Å². The predicted octanol–water partition coefficient (Wildman–Crippen LogP) is 0.346. The maximum atomic E-state index is 10.7. The average Bonchev–Trinajstić information content (AvgIpc) is 2.09. The molecule has 8 nitrogen and oxygen atoms in total. The molecule has 0 aliphatic heterocycles. The van der Waals surface area contributed by atoms with Crippen LogP contribution in [-0.4, -0.2) is 47.8 Å². The Morgan fingerprint density at radius 1 is 0.875 bits per heavy atom. The fourth-order valence-electron chi connectivity index (χ4n) is 0.903. The van der Waals surface area contributed by atoms with Crippen LogP contribution >= 0.6 is 0 Å². The van der Waals surface area contributed by atoms with E-state index in [0.717, 1.165) is 12.4 Å². The maximum Gasteiger partial charge on any atom is 0.363 e. The smallest absolute Gasteiger partial charge is 0.363 e. The summed E-state index contributed by atoms with van der Waals surface area (Å²) in [7, 11) is 6.21. The molecule has 0 saturated heterocycles. The molecule has 90 valence electrons. The van der Waals surface area contributed by atoms with E-state index in [1.807, 2.05) is 0 Å². The van der Waals surface area contributed by atoms with Gasteiger partial charge in [-0.05, 0) is 0 Å². The highest BCUT2D eigenvalue weighted by atomic mass is 16.6. The second-order valence-electron chi connectivity index (χ2n) is 3.47. The number of hydrogen-bond acceptors (Lipinski definition) is 6. The van der Waals surface area contributed by atoms with Gasteiger partial charge in [-0.2, -0.15) is 0 Å². The van der Waals surface area contributed by atoms with E-state index >= 15 is 0 Å². The lowest BCUT2D eigenvalue weighted by atomic mass is 10.3. The minimum absolute atomic E-state index is 0.552. The number of hydrogen-bond donors (Lipinski definition) is 0. The van der Waals surface area contributed by atoms with Crippen LogP contribution in [0, 0.1) is 20.2 Å². The van der Waals surface area contributed by atoms with Gasteiger partial charge in [0.15, 0.2) is 0 Å². The molecule has 0 aliphatic rings. The van der Waals surface area contributed by atoms with E-state index < -0.39 is 21.2 Å². The van der Waals surface area contributed by atoms with Crippen molar-refractivity contribution >= 4 is 0 Å². The Balaban J connectivity index is 5.46. The molecule has 8 heteroatoms. The van der Waals surface area contributed by atoms with Gasteiger partial charge in [-0.25, -0.2) is 0 Å². The van der Waals surface area contributed by atoms with E-state index in [-0.39, 0.29) is 0 Å². The van der Waals surface area contributed by atoms with Crippen molar-refractivity contribution < 1.29 is 9.85 Å². The van der Waals surface area contributed by atoms with Crippen LogP contribution in [0.4, 0.5) is 0 Å². The molecule has 0 aromatic heterocycles. The van der Waals surface area contributed by atoms with Gasteiger partial charge in [0.05, 0.1) is 22.2 Å². The highest BCUT2D eigenvalue weighted by Gasteiger charge is 2.29. The zero-order valence-corrected chi connectivity index (χ0v) is 9.58. The summed E-state index contributed by atoms with van der Waals surface area (Å²) >= 11 is 0. The minimum Gasteiger partial charge on any atom is -0.378 e. The third-order valence-electron chi connectivity index (χ3n) is 1.42. The molecule has 0 N–H and O–H groups in total. The molecule has 0 rings (SSSR count). The van der Waals surface area contributed by atoms with Gasteiger partial charge < -0.3 is 9.80 Å². The quantitative estimate of drug-likeness (QED) is 0.384. The summed E-state index contributed by atoms with van der Waals surface area (Å²) in [4.78, 5) is 22.6. The fourth-order valence-corrected chi connectivity index (χ4v) is 0.903. The zero-order chi connectivity index (χ0) is 12.9. The normalized spacial score (nSPS) is 12.2. The van der Waals surface area contributed by atoms with Crippen LogP contribution in [0.25, 0.3) is 0 Å². The van der Waals surface area contributed by atoms with Gasteiger partial charge in [0.2, 0.25) is 0 Å². The largest absolute Gasteiger partial charge is 0.378 e. The molecule has 0 amide bonds. The molecule has 0 aliphatic carbocycles. The van der Waals surface area contributed by atoms with Gasteiger partial charge in [0, 0.05) is 28.2 Å². The lowest BCUT2D eigenvalue weighted by molar-refractivity contribution is -0.480. The SMILES string of the molecule is CN(C)/C=C(\C(=C/N(C)C)[N+](=O)[O-])[N+](=O)[O-]. The molecule has 0 bridgehead atoms. The molecule has 0 aromatic rings. The molecule has 0 spiro atoms. The molecular weight excluding hydrogens is 216 g/mol. The van der Waals surface area contributed by atoms with Crippen LogP contribution in [0.1, 0.15) is 0 Å². The molecule has 0 heterocycles. The van der Waals surface area contributed by atoms with Gasteiger partial charge in [-0.3, -0.25) is 20.2 Å². The predicted molar refractivity (Wildman–Crippen MR) is 57.5 cm³/mol. The molecular formula is C8H14N4O4. The van der Waals surface area contributed by atoms with E-state index in [1.54, 1.807) is 28.2 Å². The lowest BCUT2D eigenvalue weighted by Gasteiger charge is -2.06. The third kappa shape index (κ3) is 4.40. The van der Waals surface area contributed by atoms with Crippen molar-refractivity contribution in [2.45, 2.75) is 0 Å². The first-order chi connectivity index (χ1) is 7.25. The van der Waals surface area contributed by atoms with Crippen molar-refractivity contribution in [2.75, 3.05) is 28.2 Å². The molecule has 0 atom stereocenters. The molecule has 0 unspecified atom stereocenters. The Kier molecular flexibility index (Phi) is 4.93. The van der Waals surface area contributed by atoms with Gasteiger partial charge in [0.1, 0.15) is 0 Å². The van der Waals surface area contributed by atoms with Gasteiger partial charge in [-0.15, -0.1) is 0 Å². The first-order valence-corrected chi connectivity index (χ1v) is 4.31. The summed E-state index contributed by atoms with van der Waals surface area (Å²) in [6.07, 6.45) is 2.19. The van der Waals surface area contributed by atoms with Gasteiger partial charge >= 0.3 is 11.4 Å². The first kappa shape index (κ1) is 13.9. The van der Waals surface area contributed by atoms with E-state index in [4.69, 9.17) is 0 Å². The highest BCUT2D eigenvalue weighted by molar-refractivity contribution is 5.17. The zero-order valence-electron chi connectivity index (χ0n) is 9.58. The fraction of sp³-hybridized carbons (Fsp3) is 0.500. The van der Waals surface area contributed by atoms with Crippen molar-refractivity contribution in [1.29, 1.82) is 0 Å². The average molecular weight is 230 g/mol. The van der Waals surface area contributed by atoms with Crippen LogP contribution < -0.4 is 0 Å². The van der Waals surface area contributed by atoms with E-state index in [1.165, 1.54) is 9.80 Å². The Morgan fingerprint density at radius 3 is 1.25 bits per heavy atom. The van der Waals surface area contributed by atoms with E-state index in [0.29, 0.717) is 0 Å². The summed E-state index contributed by atoms with van der Waals surface area (Å²) in [5, 5.41) is 21.4. The lowest BCUT2D eigenvalue weighted by Crippen LogP contribution is -2.17. The minimum atomic E-state index is -0.780. The van der Waals surface area contributed by atoms with Crippen molar-refractivity contribution in [2.24, 2.45) is 0 Å². The van der Waals surface area contributed by atoms with Crippen LogP contribution in [0.2, 0.25) is 0 Å². The molecule has 0 saturated carbocycles. The molecule has 0 aromatic carbocycles. The number of nitro groups is 2. The van der Waals surface area contributed by atoms with Gasteiger partial charge in [-0.1, -0.05) is 0 Å².